The van der Waals surface area contributed by atoms with Crippen LogP contribution < -0.4 is 5.32 Å². The molecule has 1 aliphatic rings. The molecule has 0 bridgehead atoms. The molecule has 0 unspecified atom stereocenters. The maximum absolute atomic E-state index is 11.7. The summed E-state index contributed by atoms with van der Waals surface area (Å²) in [5.41, 5.74) is -0.865. The van der Waals surface area contributed by atoms with Gasteiger partial charge in [-0.3, -0.25) is 10.1 Å². The lowest BCUT2D eigenvalue weighted by atomic mass is 10.3. The van der Waals surface area contributed by atoms with E-state index in [-0.39, 0.29) is 3.79 Å². The molecule has 70 valence electrons. The number of nitrogens with one attached hydrogen (secondary N) is 1. The summed E-state index contributed by atoms with van der Waals surface area (Å²) in [6, 6.07) is 0. The Morgan fingerprint density at radius 3 is 2.25 bits per heavy atom. The van der Waals surface area contributed by atoms with Crippen LogP contribution in [0.25, 0.3) is 0 Å². The first-order valence-electron chi connectivity index (χ1n) is 3.37. The summed E-state index contributed by atoms with van der Waals surface area (Å²) in [6.45, 7) is -1.08. The van der Waals surface area contributed by atoms with E-state index >= 15 is 0 Å². The molecule has 0 aliphatic heterocycles. The Bertz CT molecular complexity index is 199. The SMILES string of the molecule is O=C(I)C1(NCC(F)(F)F)CC1. The molecule has 0 heterocycles. The van der Waals surface area contributed by atoms with Gasteiger partial charge in [0.2, 0.25) is 3.79 Å². The molecular weight excluding hydrogens is 286 g/mol. The third kappa shape index (κ3) is 2.58. The molecule has 1 N–H and O–H groups in total. The number of rotatable bonds is 3. The number of hydrogen-bond acceptors (Lipinski definition) is 2. The summed E-state index contributed by atoms with van der Waals surface area (Å²) < 4.78 is 34.9. The molecule has 0 saturated heterocycles. The van der Waals surface area contributed by atoms with E-state index in [1.54, 1.807) is 0 Å². The van der Waals surface area contributed by atoms with Crippen molar-refractivity contribution in [1.29, 1.82) is 0 Å². The Hall–Kier alpha value is 0.150. The van der Waals surface area contributed by atoms with Crippen molar-refractivity contribution >= 4 is 26.4 Å². The molecule has 0 radical (unpaired) electrons. The molecule has 1 saturated carbocycles. The molecule has 1 rings (SSSR count). The normalized spacial score (nSPS) is 20.7. The second kappa shape index (κ2) is 3.13. The van der Waals surface area contributed by atoms with Gasteiger partial charge in [-0.15, -0.1) is 0 Å². The topological polar surface area (TPSA) is 29.1 Å². The Morgan fingerprint density at radius 1 is 1.50 bits per heavy atom. The highest BCUT2D eigenvalue weighted by Gasteiger charge is 2.49. The van der Waals surface area contributed by atoms with E-state index in [0.717, 1.165) is 0 Å². The highest BCUT2D eigenvalue weighted by Crippen LogP contribution is 2.38. The van der Waals surface area contributed by atoms with Gasteiger partial charge in [0, 0.05) is 22.6 Å². The molecule has 0 atom stereocenters. The zero-order chi connectivity index (χ0) is 9.41. The highest BCUT2D eigenvalue weighted by molar-refractivity contribution is 14.1. The van der Waals surface area contributed by atoms with Crippen LogP contribution in [-0.4, -0.2) is 22.0 Å². The van der Waals surface area contributed by atoms with Crippen molar-refractivity contribution in [2.45, 2.75) is 24.6 Å². The zero-order valence-corrected chi connectivity index (χ0v) is 8.20. The molecule has 0 aromatic carbocycles. The van der Waals surface area contributed by atoms with Gasteiger partial charge in [-0.25, -0.2) is 0 Å². The van der Waals surface area contributed by atoms with Crippen molar-refractivity contribution < 1.29 is 18.0 Å². The Morgan fingerprint density at radius 2 is 2.00 bits per heavy atom. The minimum atomic E-state index is -4.23. The summed E-state index contributed by atoms with van der Waals surface area (Å²) in [5, 5.41) is 2.23. The Kier molecular flexibility index (Phi) is 2.67. The number of carbonyl (C=O) groups is 1. The maximum atomic E-state index is 11.7. The smallest absolute Gasteiger partial charge is 0.296 e. The molecule has 0 amide bonds. The Labute approximate surface area is 81.0 Å². The van der Waals surface area contributed by atoms with Gasteiger partial charge in [0.25, 0.3) is 0 Å². The lowest BCUT2D eigenvalue weighted by Gasteiger charge is -2.14. The summed E-state index contributed by atoms with van der Waals surface area (Å²) in [5.74, 6) is 0. The van der Waals surface area contributed by atoms with Crippen molar-refractivity contribution in [1.82, 2.24) is 5.32 Å². The van der Waals surface area contributed by atoms with Crippen LogP contribution in [0.4, 0.5) is 13.2 Å². The summed E-state index contributed by atoms with van der Waals surface area (Å²) >= 11 is 1.53. The van der Waals surface area contributed by atoms with Crippen molar-refractivity contribution in [3.8, 4) is 0 Å². The van der Waals surface area contributed by atoms with Crippen molar-refractivity contribution in [2.24, 2.45) is 0 Å². The highest BCUT2D eigenvalue weighted by atomic mass is 127. The van der Waals surface area contributed by atoms with Gasteiger partial charge in [-0.1, -0.05) is 0 Å². The van der Waals surface area contributed by atoms with Crippen LogP contribution in [0.1, 0.15) is 12.8 Å². The zero-order valence-electron chi connectivity index (χ0n) is 6.04. The number of hydrogen-bond donors (Lipinski definition) is 1. The second-order valence-corrected chi connectivity index (χ2v) is 3.80. The maximum Gasteiger partial charge on any atom is 0.401 e. The fourth-order valence-electron chi connectivity index (χ4n) is 0.837. The molecule has 0 aromatic rings. The average molecular weight is 293 g/mol. The van der Waals surface area contributed by atoms with Crippen molar-refractivity contribution in [3.05, 3.63) is 0 Å². The first kappa shape index (κ1) is 10.2. The van der Waals surface area contributed by atoms with Crippen LogP contribution in [0.5, 0.6) is 0 Å². The van der Waals surface area contributed by atoms with E-state index in [1.807, 2.05) is 0 Å². The number of alkyl halides is 3. The van der Waals surface area contributed by atoms with Gasteiger partial charge < -0.3 is 0 Å². The number of carbonyl (C=O) groups excluding carboxylic acids is 1. The van der Waals surface area contributed by atoms with Crippen LogP contribution in [0.2, 0.25) is 0 Å². The van der Waals surface area contributed by atoms with Crippen molar-refractivity contribution in [3.63, 3.8) is 0 Å². The third-order valence-corrected chi connectivity index (χ3v) is 2.79. The predicted octanol–water partition coefficient (Wildman–Crippen LogP) is 1.63. The van der Waals surface area contributed by atoms with E-state index in [0.29, 0.717) is 12.8 Å². The largest absolute Gasteiger partial charge is 0.401 e. The van der Waals surface area contributed by atoms with Gasteiger partial charge in [0.15, 0.2) is 0 Å². The van der Waals surface area contributed by atoms with Crippen LogP contribution in [-0.2, 0) is 4.79 Å². The lowest BCUT2D eigenvalue weighted by Crippen LogP contribution is -2.42. The van der Waals surface area contributed by atoms with Crippen molar-refractivity contribution in [2.75, 3.05) is 6.54 Å². The van der Waals surface area contributed by atoms with Gasteiger partial charge >= 0.3 is 6.18 Å². The predicted molar refractivity (Wildman–Crippen MR) is 45.0 cm³/mol. The first-order chi connectivity index (χ1) is 5.36. The van der Waals surface area contributed by atoms with E-state index in [9.17, 15) is 18.0 Å². The van der Waals surface area contributed by atoms with Crippen LogP contribution in [0, 0.1) is 0 Å². The lowest BCUT2D eigenvalue weighted by molar-refractivity contribution is -0.129. The van der Waals surface area contributed by atoms with E-state index < -0.39 is 18.3 Å². The molecule has 12 heavy (non-hydrogen) atoms. The fourth-order valence-corrected chi connectivity index (χ4v) is 1.57. The van der Waals surface area contributed by atoms with Crippen LogP contribution in [0.3, 0.4) is 0 Å². The monoisotopic (exact) mass is 293 g/mol. The Balaban J connectivity index is 2.37. The minimum Gasteiger partial charge on any atom is -0.296 e. The summed E-state index contributed by atoms with van der Waals surface area (Å²) in [6.07, 6.45) is -3.20. The number of halogens is 4. The standard InChI is InChI=1S/C6H7F3INO/c7-6(8,9)3-11-5(1-2-5)4(10)12/h11H,1-3H2. The van der Waals surface area contributed by atoms with Gasteiger partial charge in [0.1, 0.15) is 0 Å². The summed E-state index contributed by atoms with van der Waals surface area (Å²) in [4.78, 5) is 10.8. The quantitative estimate of drug-likeness (QED) is 0.633. The van der Waals surface area contributed by atoms with Gasteiger partial charge in [-0.05, 0) is 12.8 Å². The molecular formula is C6H7F3INO. The third-order valence-electron chi connectivity index (χ3n) is 1.75. The van der Waals surface area contributed by atoms with Gasteiger partial charge in [0.05, 0.1) is 12.1 Å². The molecule has 0 aromatic heterocycles. The molecule has 1 aliphatic carbocycles. The van der Waals surface area contributed by atoms with E-state index in [4.69, 9.17) is 0 Å². The van der Waals surface area contributed by atoms with Crippen LogP contribution >= 0.6 is 22.6 Å². The average Bonchev–Trinajstić information content (AvgIpc) is 2.61. The second-order valence-electron chi connectivity index (χ2n) is 2.82. The molecule has 6 heteroatoms. The van der Waals surface area contributed by atoms with Gasteiger partial charge in [-0.2, -0.15) is 13.2 Å². The fraction of sp³-hybridized carbons (Fsp3) is 0.833. The molecule has 2 nitrogen and oxygen atoms in total. The van der Waals surface area contributed by atoms with E-state index in [2.05, 4.69) is 5.32 Å². The minimum absolute atomic E-state index is 0.232. The van der Waals surface area contributed by atoms with E-state index in [1.165, 1.54) is 22.6 Å². The molecule has 1 fully saturated rings. The van der Waals surface area contributed by atoms with Crippen LogP contribution in [0.15, 0.2) is 0 Å². The molecule has 0 spiro atoms. The first-order valence-corrected chi connectivity index (χ1v) is 4.45. The summed E-state index contributed by atoms with van der Waals surface area (Å²) in [7, 11) is 0.